The highest BCUT2D eigenvalue weighted by Gasteiger charge is 2.18. The van der Waals surface area contributed by atoms with Crippen LogP contribution >= 0.6 is 34.7 Å². The zero-order valence-corrected chi connectivity index (χ0v) is 17.7. The summed E-state index contributed by atoms with van der Waals surface area (Å²) in [4.78, 5) is 12.4. The number of halogens is 1. The van der Waals surface area contributed by atoms with Crippen molar-refractivity contribution in [1.82, 2.24) is 10.2 Å². The maximum absolute atomic E-state index is 12.4. The monoisotopic (exact) mass is 434 g/mol. The van der Waals surface area contributed by atoms with Gasteiger partial charge in [-0.3, -0.25) is 4.79 Å². The molecule has 1 amide bonds. The molecule has 1 aromatic heterocycles. The fourth-order valence-electron chi connectivity index (χ4n) is 2.30. The van der Waals surface area contributed by atoms with E-state index in [1.54, 1.807) is 25.3 Å². The first-order chi connectivity index (χ1) is 13.5. The van der Waals surface area contributed by atoms with E-state index < -0.39 is 0 Å². The topological polar surface area (TPSA) is 76.1 Å². The van der Waals surface area contributed by atoms with Gasteiger partial charge in [-0.25, -0.2) is 0 Å². The predicted molar refractivity (Wildman–Crippen MR) is 116 cm³/mol. The van der Waals surface area contributed by atoms with Crippen LogP contribution in [-0.4, -0.2) is 28.5 Å². The predicted octanol–water partition coefficient (Wildman–Crippen LogP) is 4.93. The van der Waals surface area contributed by atoms with Crippen molar-refractivity contribution in [2.75, 3.05) is 17.7 Å². The van der Waals surface area contributed by atoms with Crippen LogP contribution in [0.25, 0.3) is 0 Å². The van der Waals surface area contributed by atoms with Crippen molar-refractivity contribution in [2.45, 2.75) is 23.1 Å². The smallest absolute Gasteiger partial charge is 0.237 e. The molecule has 0 saturated heterocycles. The number of hydrogen-bond donors (Lipinski definition) is 2. The molecule has 1 heterocycles. The van der Waals surface area contributed by atoms with Gasteiger partial charge in [-0.15, -0.1) is 10.2 Å². The molecule has 6 nitrogen and oxygen atoms in total. The lowest BCUT2D eigenvalue weighted by atomic mass is 10.2. The number of methoxy groups -OCH3 is 1. The largest absolute Gasteiger partial charge is 0.495 e. The summed E-state index contributed by atoms with van der Waals surface area (Å²) in [6, 6.07) is 15.2. The number of thioether (sulfide) groups is 1. The van der Waals surface area contributed by atoms with Gasteiger partial charge >= 0.3 is 0 Å². The minimum atomic E-state index is -0.337. The van der Waals surface area contributed by atoms with Crippen LogP contribution in [0.4, 0.5) is 10.8 Å². The third-order valence-electron chi connectivity index (χ3n) is 3.76. The molecule has 9 heteroatoms. The van der Waals surface area contributed by atoms with Gasteiger partial charge in [-0.2, -0.15) is 0 Å². The molecule has 0 fully saturated rings. The van der Waals surface area contributed by atoms with Gasteiger partial charge < -0.3 is 15.4 Å². The lowest BCUT2D eigenvalue weighted by molar-refractivity contribution is -0.115. The second kappa shape index (κ2) is 9.77. The molecule has 0 saturated carbocycles. The Kier molecular flexibility index (Phi) is 7.13. The highest BCUT2D eigenvalue weighted by molar-refractivity contribution is 8.02. The van der Waals surface area contributed by atoms with Gasteiger partial charge in [0.2, 0.25) is 11.0 Å². The second-order valence-electron chi connectivity index (χ2n) is 5.81. The van der Waals surface area contributed by atoms with E-state index >= 15 is 0 Å². The number of ether oxygens (including phenoxy) is 1. The number of rotatable bonds is 8. The Morgan fingerprint density at radius 3 is 2.75 bits per heavy atom. The van der Waals surface area contributed by atoms with Crippen molar-refractivity contribution in [3.8, 4) is 5.75 Å². The van der Waals surface area contributed by atoms with Gasteiger partial charge in [-0.1, -0.05) is 65.0 Å². The zero-order chi connectivity index (χ0) is 19.9. The number of nitrogens with zero attached hydrogens (tertiary/aromatic N) is 2. The van der Waals surface area contributed by atoms with Gasteiger partial charge in [0.25, 0.3) is 0 Å². The van der Waals surface area contributed by atoms with E-state index in [-0.39, 0.29) is 11.2 Å². The van der Waals surface area contributed by atoms with Crippen LogP contribution in [0.2, 0.25) is 5.02 Å². The Morgan fingerprint density at radius 2 is 2.04 bits per heavy atom. The standard InChI is InChI=1S/C19H19ClN4O2S2/c1-12(17(25)22-14-8-9-16(26-2)15(20)10-14)27-19-24-23-18(28-19)21-11-13-6-4-3-5-7-13/h3-10,12H,11H2,1-2H3,(H,21,23)(H,22,25). The summed E-state index contributed by atoms with van der Waals surface area (Å²) in [6.07, 6.45) is 0. The quantitative estimate of drug-likeness (QED) is 0.489. The van der Waals surface area contributed by atoms with E-state index in [9.17, 15) is 4.79 Å². The van der Waals surface area contributed by atoms with E-state index in [1.165, 1.54) is 23.1 Å². The maximum Gasteiger partial charge on any atom is 0.237 e. The molecule has 1 atom stereocenters. The molecule has 2 N–H and O–H groups in total. The highest BCUT2D eigenvalue weighted by atomic mass is 35.5. The molecule has 0 aliphatic rings. The summed E-state index contributed by atoms with van der Waals surface area (Å²) < 4.78 is 5.84. The number of benzene rings is 2. The number of amides is 1. The molecule has 1 unspecified atom stereocenters. The fourth-order valence-corrected chi connectivity index (χ4v) is 4.44. The van der Waals surface area contributed by atoms with Gasteiger partial charge in [0.1, 0.15) is 5.75 Å². The van der Waals surface area contributed by atoms with Crippen molar-refractivity contribution < 1.29 is 9.53 Å². The molecule has 0 aliphatic carbocycles. The minimum absolute atomic E-state index is 0.139. The number of carbonyl (C=O) groups excluding carboxylic acids is 1. The van der Waals surface area contributed by atoms with E-state index in [1.807, 2.05) is 37.3 Å². The van der Waals surface area contributed by atoms with E-state index in [0.717, 1.165) is 15.0 Å². The molecular formula is C19H19ClN4O2S2. The fraction of sp³-hybridized carbons (Fsp3) is 0.211. The van der Waals surface area contributed by atoms with Gasteiger partial charge in [-0.05, 0) is 30.7 Å². The first-order valence-corrected chi connectivity index (χ1v) is 10.5. The molecule has 146 valence electrons. The van der Waals surface area contributed by atoms with Crippen LogP contribution < -0.4 is 15.4 Å². The summed E-state index contributed by atoms with van der Waals surface area (Å²) in [6.45, 7) is 2.50. The molecule has 28 heavy (non-hydrogen) atoms. The van der Waals surface area contributed by atoms with Crippen LogP contribution in [0.15, 0.2) is 52.9 Å². The van der Waals surface area contributed by atoms with Crippen LogP contribution in [0.3, 0.4) is 0 Å². The molecular weight excluding hydrogens is 416 g/mol. The summed E-state index contributed by atoms with van der Waals surface area (Å²) in [7, 11) is 1.54. The highest BCUT2D eigenvalue weighted by Crippen LogP contribution is 2.31. The number of carbonyl (C=O) groups is 1. The number of nitrogens with one attached hydrogen (secondary N) is 2. The Bertz CT molecular complexity index is 937. The Morgan fingerprint density at radius 1 is 1.25 bits per heavy atom. The molecule has 0 radical (unpaired) electrons. The lowest BCUT2D eigenvalue weighted by Crippen LogP contribution is -2.22. The van der Waals surface area contributed by atoms with Crippen molar-refractivity contribution in [2.24, 2.45) is 0 Å². The summed E-state index contributed by atoms with van der Waals surface area (Å²) in [5.41, 5.74) is 1.78. The van der Waals surface area contributed by atoms with Crippen molar-refractivity contribution in [3.63, 3.8) is 0 Å². The van der Waals surface area contributed by atoms with Crippen LogP contribution in [0, 0.1) is 0 Å². The zero-order valence-electron chi connectivity index (χ0n) is 15.3. The third-order valence-corrected chi connectivity index (χ3v) is 6.12. The normalized spacial score (nSPS) is 11.7. The molecule has 3 aromatic rings. The van der Waals surface area contributed by atoms with Gasteiger partial charge in [0, 0.05) is 12.2 Å². The van der Waals surface area contributed by atoms with Crippen LogP contribution in [-0.2, 0) is 11.3 Å². The molecule has 3 rings (SSSR count). The summed E-state index contributed by atoms with van der Waals surface area (Å²) in [5, 5.41) is 15.2. The van der Waals surface area contributed by atoms with E-state index in [2.05, 4.69) is 20.8 Å². The molecule has 0 aliphatic heterocycles. The Balaban J connectivity index is 1.52. The average molecular weight is 435 g/mol. The SMILES string of the molecule is COc1ccc(NC(=O)C(C)Sc2nnc(NCc3ccccc3)s2)cc1Cl. The van der Waals surface area contributed by atoms with Crippen molar-refractivity contribution in [3.05, 3.63) is 59.1 Å². The van der Waals surface area contributed by atoms with Crippen LogP contribution in [0.1, 0.15) is 12.5 Å². The van der Waals surface area contributed by atoms with Gasteiger partial charge in [0.15, 0.2) is 4.34 Å². The average Bonchev–Trinajstić information content (AvgIpc) is 3.14. The maximum atomic E-state index is 12.4. The van der Waals surface area contributed by atoms with Crippen LogP contribution in [0.5, 0.6) is 5.75 Å². The van der Waals surface area contributed by atoms with Crippen molar-refractivity contribution >= 4 is 51.4 Å². The first kappa shape index (κ1) is 20.4. The van der Waals surface area contributed by atoms with E-state index in [0.29, 0.717) is 23.0 Å². The molecule has 2 aromatic carbocycles. The summed E-state index contributed by atoms with van der Waals surface area (Å²) >= 11 is 8.88. The Hall–Kier alpha value is -2.29. The van der Waals surface area contributed by atoms with E-state index in [4.69, 9.17) is 16.3 Å². The molecule has 0 spiro atoms. The minimum Gasteiger partial charge on any atom is -0.495 e. The third kappa shape index (κ3) is 5.60. The number of hydrogen-bond acceptors (Lipinski definition) is 7. The molecule has 0 bridgehead atoms. The van der Waals surface area contributed by atoms with Gasteiger partial charge in [0.05, 0.1) is 17.4 Å². The number of aromatic nitrogens is 2. The number of anilines is 2. The lowest BCUT2D eigenvalue weighted by Gasteiger charge is -2.11. The first-order valence-electron chi connectivity index (χ1n) is 8.47. The van der Waals surface area contributed by atoms with Crippen molar-refractivity contribution in [1.29, 1.82) is 0 Å². The summed E-state index contributed by atoms with van der Waals surface area (Å²) in [5.74, 6) is 0.423. The Labute approximate surface area is 176 Å². The second-order valence-corrected chi connectivity index (χ2v) is 8.78.